The van der Waals surface area contributed by atoms with Crippen LogP contribution in [0.15, 0.2) is 64.9 Å². The van der Waals surface area contributed by atoms with Gasteiger partial charge in [-0.2, -0.15) is 0 Å². The first-order chi connectivity index (χ1) is 11.7. The molecule has 7 heteroatoms. The Bertz CT molecular complexity index is 785. The maximum Gasteiger partial charge on any atom is 0.349 e. The average molecular weight is 342 g/mol. The van der Waals surface area contributed by atoms with E-state index in [-0.39, 0.29) is 6.54 Å². The van der Waals surface area contributed by atoms with Crippen molar-refractivity contribution in [2.24, 2.45) is 0 Å². The molecule has 3 rings (SSSR count). The third kappa shape index (κ3) is 3.88. The van der Waals surface area contributed by atoms with E-state index >= 15 is 0 Å². The molecule has 0 spiro atoms. The third-order valence-electron chi connectivity index (χ3n) is 3.21. The summed E-state index contributed by atoms with van der Waals surface area (Å²) in [5, 5.41) is 4.48. The van der Waals surface area contributed by atoms with Crippen LogP contribution in [0.4, 0.5) is 0 Å². The van der Waals surface area contributed by atoms with Gasteiger partial charge in [0.25, 0.3) is 5.91 Å². The van der Waals surface area contributed by atoms with Crippen LogP contribution in [-0.2, 0) is 16.1 Å². The zero-order chi connectivity index (χ0) is 16.8. The molecule has 122 valence electrons. The molecule has 1 N–H and O–H groups in total. The van der Waals surface area contributed by atoms with Crippen molar-refractivity contribution in [1.82, 2.24) is 10.3 Å². The fourth-order valence-corrected chi connectivity index (χ4v) is 2.66. The molecule has 1 atom stereocenters. The van der Waals surface area contributed by atoms with Crippen LogP contribution in [0.3, 0.4) is 0 Å². The summed E-state index contributed by atoms with van der Waals surface area (Å²) in [4.78, 5) is 29.1. The number of thiophene rings is 1. The summed E-state index contributed by atoms with van der Waals surface area (Å²) in [7, 11) is 0. The minimum absolute atomic E-state index is 0.212. The topological polar surface area (TPSA) is 81.4 Å². The zero-order valence-electron chi connectivity index (χ0n) is 12.5. The first kappa shape index (κ1) is 15.9. The predicted molar refractivity (Wildman–Crippen MR) is 87.3 cm³/mol. The van der Waals surface area contributed by atoms with Crippen molar-refractivity contribution in [2.75, 3.05) is 0 Å². The molecular weight excluding hydrogens is 328 g/mol. The summed E-state index contributed by atoms with van der Waals surface area (Å²) in [5.41, 5.74) is 0.548. The quantitative estimate of drug-likeness (QED) is 0.697. The van der Waals surface area contributed by atoms with Crippen molar-refractivity contribution in [2.45, 2.75) is 12.6 Å². The van der Waals surface area contributed by atoms with Gasteiger partial charge in [0.1, 0.15) is 10.6 Å². The van der Waals surface area contributed by atoms with E-state index in [1.165, 1.54) is 17.6 Å². The highest BCUT2D eigenvalue weighted by Crippen LogP contribution is 2.21. The summed E-state index contributed by atoms with van der Waals surface area (Å²) in [6.07, 6.45) is 3.55. The second-order valence-corrected chi connectivity index (χ2v) is 5.79. The van der Waals surface area contributed by atoms with E-state index in [9.17, 15) is 9.59 Å². The smallest absolute Gasteiger partial charge is 0.349 e. The first-order valence-corrected chi connectivity index (χ1v) is 8.06. The number of carbonyl (C=O) groups excluding carboxylic acids is 2. The van der Waals surface area contributed by atoms with Gasteiger partial charge in [0, 0.05) is 18.0 Å². The Kier molecular flexibility index (Phi) is 5.02. The van der Waals surface area contributed by atoms with Gasteiger partial charge >= 0.3 is 5.97 Å². The molecule has 1 amide bonds. The van der Waals surface area contributed by atoms with Gasteiger partial charge in [-0.25, -0.2) is 4.79 Å². The first-order valence-electron chi connectivity index (χ1n) is 7.18. The molecule has 0 aliphatic carbocycles. The molecule has 24 heavy (non-hydrogen) atoms. The fourth-order valence-electron chi connectivity index (χ4n) is 2.05. The molecule has 0 aliphatic heterocycles. The third-order valence-corrected chi connectivity index (χ3v) is 4.06. The lowest BCUT2D eigenvalue weighted by Crippen LogP contribution is -2.31. The van der Waals surface area contributed by atoms with Crippen LogP contribution in [0.1, 0.15) is 27.1 Å². The molecule has 0 radical (unpaired) electrons. The second kappa shape index (κ2) is 7.56. The maximum atomic E-state index is 12.5. The minimum atomic E-state index is -1.06. The lowest BCUT2D eigenvalue weighted by molar-refractivity contribution is -0.130. The van der Waals surface area contributed by atoms with Gasteiger partial charge in [0.15, 0.2) is 0 Å². The molecule has 0 aromatic carbocycles. The number of amides is 1. The van der Waals surface area contributed by atoms with Crippen LogP contribution in [0.2, 0.25) is 0 Å². The molecule has 3 aromatic rings. The Morgan fingerprint density at radius 3 is 2.71 bits per heavy atom. The lowest BCUT2D eigenvalue weighted by atomic mass is 10.1. The van der Waals surface area contributed by atoms with Crippen LogP contribution >= 0.6 is 11.3 Å². The Morgan fingerprint density at radius 1 is 1.21 bits per heavy atom. The normalized spacial score (nSPS) is 11.7. The number of nitrogens with zero attached hydrogens (tertiary/aromatic N) is 1. The number of hydrogen-bond donors (Lipinski definition) is 1. The maximum absolute atomic E-state index is 12.5. The van der Waals surface area contributed by atoms with E-state index < -0.39 is 18.0 Å². The van der Waals surface area contributed by atoms with Gasteiger partial charge in [0.2, 0.25) is 6.10 Å². The fraction of sp³-hybridized carbons (Fsp3) is 0.118. The van der Waals surface area contributed by atoms with Gasteiger partial charge in [0.05, 0.1) is 12.8 Å². The monoisotopic (exact) mass is 342 g/mol. The van der Waals surface area contributed by atoms with Crippen molar-refractivity contribution in [1.29, 1.82) is 0 Å². The number of aromatic nitrogens is 1. The number of hydrogen-bond acceptors (Lipinski definition) is 6. The number of furan rings is 1. The number of nitrogens with one attached hydrogen (secondary N) is 1. The molecule has 1 unspecified atom stereocenters. The largest absolute Gasteiger partial charge is 0.467 e. The number of esters is 1. The second-order valence-electron chi connectivity index (χ2n) is 4.84. The molecular formula is C17H14N2O4S. The Hall–Kier alpha value is -2.93. The molecule has 0 bridgehead atoms. The van der Waals surface area contributed by atoms with Gasteiger partial charge in [-0.1, -0.05) is 6.07 Å². The number of ether oxygens (including phenoxy) is 1. The van der Waals surface area contributed by atoms with Crippen molar-refractivity contribution < 1.29 is 18.7 Å². The molecule has 0 fully saturated rings. The molecule has 0 saturated carbocycles. The van der Waals surface area contributed by atoms with E-state index in [0.29, 0.717) is 16.2 Å². The lowest BCUT2D eigenvalue weighted by Gasteiger charge is -2.17. The Labute approximate surface area is 142 Å². The van der Waals surface area contributed by atoms with E-state index in [0.717, 1.165) is 0 Å². The summed E-state index contributed by atoms with van der Waals surface area (Å²) < 4.78 is 10.6. The van der Waals surface area contributed by atoms with Crippen molar-refractivity contribution in [3.63, 3.8) is 0 Å². The Morgan fingerprint density at radius 2 is 2.04 bits per heavy atom. The standard InChI is InChI=1S/C17H14N2O4S/c20-16(19-11-13-3-1-9-22-13)15(12-5-7-18-8-6-12)23-17(21)14-4-2-10-24-14/h1-10,15H,11H2,(H,19,20). The van der Waals surface area contributed by atoms with Crippen LogP contribution in [0.5, 0.6) is 0 Å². The number of pyridine rings is 1. The minimum Gasteiger partial charge on any atom is -0.467 e. The SMILES string of the molecule is O=C(OC(C(=O)NCc1ccco1)c1ccncc1)c1cccs1. The summed E-state index contributed by atoms with van der Waals surface area (Å²) in [6.45, 7) is 0.212. The predicted octanol–water partition coefficient (Wildman–Crippen LogP) is 2.95. The van der Waals surface area contributed by atoms with Crippen LogP contribution in [-0.4, -0.2) is 16.9 Å². The van der Waals surface area contributed by atoms with Crippen molar-refractivity contribution >= 4 is 23.2 Å². The van der Waals surface area contributed by atoms with Gasteiger partial charge < -0.3 is 14.5 Å². The van der Waals surface area contributed by atoms with E-state index in [4.69, 9.17) is 9.15 Å². The highest BCUT2D eigenvalue weighted by Gasteiger charge is 2.26. The summed E-state index contributed by atoms with van der Waals surface area (Å²) >= 11 is 1.26. The highest BCUT2D eigenvalue weighted by atomic mass is 32.1. The van der Waals surface area contributed by atoms with E-state index in [1.54, 1.807) is 54.2 Å². The number of carbonyl (C=O) groups is 2. The zero-order valence-corrected chi connectivity index (χ0v) is 13.4. The molecule has 3 aromatic heterocycles. The average Bonchev–Trinajstić information content (AvgIpc) is 3.31. The molecule has 0 saturated heterocycles. The summed E-state index contributed by atoms with van der Waals surface area (Å²) in [5.74, 6) is -0.358. The van der Waals surface area contributed by atoms with Crippen LogP contribution < -0.4 is 5.32 Å². The van der Waals surface area contributed by atoms with E-state index in [2.05, 4.69) is 10.3 Å². The Balaban J connectivity index is 1.74. The van der Waals surface area contributed by atoms with Gasteiger partial charge in [-0.15, -0.1) is 11.3 Å². The van der Waals surface area contributed by atoms with Crippen LogP contribution in [0.25, 0.3) is 0 Å². The van der Waals surface area contributed by atoms with Crippen LogP contribution in [0, 0.1) is 0 Å². The molecule has 0 aliphatic rings. The van der Waals surface area contributed by atoms with Crippen molar-refractivity contribution in [3.8, 4) is 0 Å². The van der Waals surface area contributed by atoms with Gasteiger partial charge in [-0.05, 0) is 35.7 Å². The number of rotatable bonds is 6. The van der Waals surface area contributed by atoms with E-state index in [1.807, 2.05) is 0 Å². The molecule has 3 heterocycles. The summed E-state index contributed by atoms with van der Waals surface area (Å²) in [6, 6.07) is 10.2. The van der Waals surface area contributed by atoms with Gasteiger partial charge in [-0.3, -0.25) is 9.78 Å². The molecule has 6 nitrogen and oxygen atoms in total. The van der Waals surface area contributed by atoms with Crippen molar-refractivity contribution in [3.05, 3.63) is 76.6 Å². The highest BCUT2D eigenvalue weighted by molar-refractivity contribution is 7.11.